The van der Waals surface area contributed by atoms with Crippen molar-refractivity contribution in [3.63, 3.8) is 0 Å². The highest BCUT2D eigenvalue weighted by atomic mass is 35.5. The molecule has 5 rings (SSSR count). The van der Waals surface area contributed by atoms with Crippen molar-refractivity contribution < 1.29 is 4.79 Å². The zero-order valence-corrected chi connectivity index (χ0v) is 14.4. The molecule has 0 unspecified atom stereocenters. The maximum Gasteiger partial charge on any atom is 0.220 e. The second-order valence-electron chi connectivity index (χ2n) is 8.23. The first kappa shape index (κ1) is 15.5. The Labute approximate surface area is 144 Å². The Morgan fingerprint density at radius 1 is 1.04 bits per heavy atom. The van der Waals surface area contributed by atoms with Crippen LogP contribution in [0.1, 0.15) is 56.9 Å². The standard InChI is InChI=1S/C20H26ClNO/c21-18-6-4-14(5-7-18)2-1-3-19(23)22-20-11-15-8-16(12-20)10-17(9-15)13-20/h4-7,15-17H,1-3,8-13H2,(H,22,23). The van der Waals surface area contributed by atoms with Crippen LogP contribution in [-0.2, 0) is 11.2 Å². The number of carbonyl (C=O) groups excluding carboxylic acids is 1. The van der Waals surface area contributed by atoms with Crippen LogP contribution in [0.5, 0.6) is 0 Å². The van der Waals surface area contributed by atoms with Crippen molar-refractivity contribution >= 4 is 17.5 Å². The van der Waals surface area contributed by atoms with Gasteiger partial charge in [-0.15, -0.1) is 0 Å². The topological polar surface area (TPSA) is 29.1 Å². The van der Waals surface area contributed by atoms with E-state index in [4.69, 9.17) is 11.6 Å². The fraction of sp³-hybridized carbons (Fsp3) is 0.650. The van der Waals surface area contributed by atoms with E-state index >= 15 is 0 Å². The molecule has 4 saturated carbocycles. The van der Waals surface area contributed by atoms with Crippen molar-refractivity contribution in [3.8, 4) is 0 Å². The molecule has 0 saturated heterocycles. The van der Waals surface area contributed by atoms with Crippen LogP contribution in [0.25, 0.3) is 0 Å². The van der Waals surface area contributed by atoms with Crippen molar-refractivity contribution in [1.82, 2.24) is 5.32 Å². The molecule has 3 heteroatoms. The lowest BCUT2D eigenvalue weighted by molar-refractivity contribution is -0.126. The summed E-state index contributed by atoms with van der Waals surface area (Å²) in [6.07, 6.45) is 10.5. The maximum absolute atomic E-state index is 12.4. The summed E-state index contributed by atoms with van der Waals surface area (Å²) >= 11 is 5.90. The summed E-state index contributed by atoms with van der Waals surface area (Å²) in [7, 11) is 0. The highest BCUT2D eigenvalue weighted by Gasteiger charge is 2.51. The van der Waals surface area contributed by atoms with Crippen molar-refractivity contribution in [1.29, 1.82) is 0 Å². The van der Waals surface area contributed by atoms with E-state index in [1.165, 1.54) is 44.1 Å². The lowest BCUT2D eigenvalue weighted by atomic mass is 9.53. The third kappa shape index (κ3) is 3.42. The quantitative estimate of drug-likeness (QED) is 0.829. The normalized spacial score (nSPS) is 34.6. The molecule has 1 N–H and O–H groups in total. The minimum Gasteiger partial charge on any atom is -0.351 e. The van der Waals surface area contributed by atoms with Gasteiger partial charge in [-0.25, -0.2) is 0 Å². The van der Waals surface area contributed by atoms with E-state index in [9.17, 15) is 4.79 Å². The molecule has 124 valence electrons. The molecule has 23 heavy (non-hydrogen) atoms. The van der Waals surface area contributed by atoms with Crippen LogP contribution >= 0.6 is 11.6 Å². The summed E-state index contributed by atoms with van der Waals surface area (Å²) in [5, 5.41) is 4.23. The predicted molar refractivity (Wildman–Crippen MR) is 93.4 cm³/mol. The molecule has 0 spiro atoms. The number of benzene rings is 1. The molecule has 4 fully saturated rings. The molecule has 4 aliphatic carbocycles. The average molecular weight is 332 g/mol. The van der Waals surface area contributed by atoms with Crippen LogP contribution < -0.4 is 5.32 Å². The van der Waals surface area contributed by atoms with Crippen molar-refractivity contribution in [3.05, 3.63) is 34.9 Å². The van der Waals surface area contributed by atoms with E-state index in [0.717, 1.165) is 35.6 Å². The van der Waals surface area contributed by atoms with Crippen LogP contribution in [0.15, 0.2) is 24.3 Å². The molecule has 0 aliphatic heterocycles. The summed E-state index contributed by atoms with van der Waals surface area (Å²) in [6, 6.07) is 7.96. The first-order chi connectivity index (χ1) is 11.1. The number of amides is 1. The minimum atomic E-state index is 0.159. The van der Waals surface area contributed by atoms with Gasteiger partial charge in [0.1, 0.15) is 0 Å². The Morgan fingerprint density at radius 2 is 1.61 bits per heavy atom. The second kappa shape index (κ2) is 6.12. The van der Waals surface area contributed by atoms with Crippen LogP contribution in [0.2, 0.25) is 5.02 Å². The molecule has 0 atom stereocenters. The van der Waals surface area contributed by atoms with Gasteiger partial charge < -0.3 is 5.32 Å². The van der Waals surface area contributed by atoms with Gasteiger partial charge >= 0.3 is 0 Å². The molecular weight excluding hydrogens is 306 g/mol. The van der Waals surface area contributed by atoms with Gasteiger partial charge in [0.2, 0.25) is 5.91 Å². The lowest BCUT2D eigenvalue weighted by Crippen LogP contribution is -2.59. The number of hydrogen-bond donors (Lipinski definition) is 1. The summed E-state index contributed by atoms with van der Waals surface area (Å²) in [5.41, 5.74) is 1.42. The zero-order valence-electron chi connectivity index (χ0n) is 13.7. The maximum atomic E-state index is 12.4. The third-order valence-electron chi connectivity index (χ3n) is 6.23. The number of carbonyl (C=O) groups is 1. The van der Waals surface area contributed by atoms with E-state index in [2.05, 4.69) is 17.4 Å². The highest BCUT2D eigenvalue weighted by Crippen LogP contribution is 2.55. The zero-order chi connectivity index (χ0) is 15.9. The van der Waals surface area contributed by atoms with Crippen molar-refractivity contribution in [2.24, 2.45) is 17.8 Å². The van der Waals surface area contributed by atoms with Gasteiger partial charge in [-0.1, -0.05) is 23.7 Å². The van der Waals surface area contributed by atoms with E-state index in [0.29, 0.717) is 6.42 Å². The summed E-state index contributed by atoms with van der Waals surface area (Å²) in [6.45, 7) is 0. The Bertz CT molecular complexity index is 545. The van der Waals surface area contributed by atoms with Gasteiger partial charge in [0.05, 0.1) is 0 Å². The SMILES string of the molecule is O=C(CCCc1ccc(Cl)cc1)NC12CC3CC(CC(C3)C1)C2. The van der Waals surface area contributed by atoms with E-state index in [-0.39, 0.29) is 11.4 Å². The average Bonchev–Trinajstić information content (AvgIpc) is 2.47. The molecule has 1 aromatic carbocycles. The Balaban J connectivity index is 1.28. The molecular formula is C20H26ClNO. The van der Waals surface area contributed by atoms with E-state index < -0.39 is 0 Å². The molecule has 4 bridgehead atoms. The Morgan fingerprint density at radius 3 is 2.17 bits per heavy atom. The van der Waals surface area contributed by atoms with Gasteiger partial charge in [-0.3, -0.25) is 4.79 Å². The van der Waals surface area contributed by atoms with Gasteiger partial charge in [0.25, 0.3) is 0 Å². The second-order valence-corrected chi connectivity index (χ2v) is 8.66. The molecule has 0 aromatic heterocycles. The fourth-order valence-electron chi connectivity index (χ4n) is 5.73. The van der Waals surface area contributed by atoms with Crippen molar-refractivity contribution in [2.75, 3.05) is 0 Å². The number of rotatable bonds is 5. The molecule has 4 aliphatic rings. The Hall–Kier alpha value is -1.02. The summed E-state index contributed by atoms with van der Waals surface area (Å²) in [5.74, 6) is 2.92. The van der Waals surface area contributed by atoms with Gasteiger partial charge in [0, 0.05) is 17.0 Å². The van der Waals surface area contributed by atoms with Crippen LogP contribution in [0.4, 0.5) is 0 Å². The number of hydrogen-bond acceptors (Lipinski definition) is 1. The molecule has 2 nitrogen and oxygen atoms in total. The van der Waals surface area contributed by atoms with Gasteiger partial charge in [-0.05, 0) is 86.8 Å². The molecule has 0 radical (unpaired) electrons. The minimum absolute atomic E-state index is 0.159. The first-order valence-corrected chi connectivity index (χ1v) is 9.53. The lowest BCUT2D eigenvalue weighted by Gasteiger charge is -2.56. The number of halogens is 1. The van der Waals surface area contributed by atoms with Gasteiger partial charge in [0.15, 0.2) is 0 Å². The Kier molecular flexibility index (Phi) is 4.13. The fourth-order valence-corrected chi connectivity index (χ4v) is 5.85. The predicted octanol–water partition coefficient (Wildman–Crippen LogP) is 4.75. The number of aryl methyl sites for hydroxylation is 1. The molecule has 1 aromatic rings. The van der Waals surface area contributed by atoms with Crippen LogP contribution in [0, 0.1) is 17.8 Å². The largest absolute Gasteiger partial charge is 0.351 e. The third-order valence-corrected chi connectivity index (χ3v) is 6.48. The van der Waals surface area contributed by atoms with Crippen LogP contribution in [0.3, 0.4) is 0 Å². The van der Waals surface area contributed by atoms with E-state index in [1.54, 1.807) is 0 Å². The number of nitrogens with one attached hydrogen (secondary N) is 1. The molecule has 1 amide bonds. The smallest absolute Gasteiger partial charge is 0.220 e. The molecule has 0 heterocycles. The highest BCUT2D eigenvalue weighted by molar-refractivity contribution is 6.30. The van der Waals surface area contributed by atoms with E-state index in [1.807, 2.05) is 12.1 Å². The summed E-state index contributed by atoms with van der Waals surface area (Å²) in [4.78, 5) is 12.4. The van der Waals surface area contributed by atoms with Crippen molar-refractivity contribution in [2.45, 2.75) is 63.3 Å². The van der Waals surface area contributed by atoms with Gasteiger partial charge in [-0.2, -0.15) is 0 Å². The monoisotopic (exact) mass is 331 g/mol. The van der Waals surface area contributed by atoms with Crippen LogP contribution in [-0.4, -0.2) is 11.4 Å². The summed E-state index contributed by atoms with van der Waals surface area (Å²) < 4.78 is 0. The first-order valence-electron chi connectivity index (χ1n) is 9.16.